The van der Waals surface area contributed by atoms with Gasteiger partial charge in [0.25, 0.3) is 5.56 Å². The van der Waals surface area contributed by atoms with Gasteiger partial charge in [-0.2, -0.15) is 0 Å². The van der Waals surface area contributed by atoms with E-state index >= 15 is 0 Å². The van der Waals surface area contributed by atoms with Gasteiger partial charge in [-0.3, -0.25) is 14.3 Å². The van der Waals surface area contributed by atoms with E-state index < -0.39 is 17.1 Å². The molecule has 1 heterocycles. The maximum atomic E-state index is 13.0. The van der Waals surface area contributed by atoms with Gasteiger partial charge in [0.15, 0.2) is 0 Å². The molecule has 0 aliphatic carbocycles. The van der Waals surface area contributed by atoms with Crippen LogP contribution in [-0.4, -0.2) is 9.55 Å². The molecule has 6 nitrogen and oxygen atoms in total. The summed E-state index contributed by atoms with van der Waals surface area (Å²) in [5, 5.41) is 2.60. The number of hydrogen-bond donors (Lipinski definition) is 3. The Balaban J connectivity index is 2.49. The molecule has 8 heteroatoms. The van der Waals surface area contributed by atoms with E-state index in [2.05, 4.69) is 10.3 Å². The third-order valence-electron chi connectivity index (χ3n) is 2.56. The summed E-state index contributed by atoms with van der Waals surface area (Å²) in [7, 11) is 1.41. The highest BCUT2D eigenvalue weighted by Gasteiger charge is 2.10. The van der Waals surface area contributed by atoms with Crippen molar-refractivity contribution in [2.24, 2.45) is 7.05 Å². The average Bonchev–Trinajstić information content (AvgIpc) is 2.36. The Kier molecular flexibility index (Phi) is 3.30. The Morgan fingerprint density at radius 1 is 1.42 bits per heavy atom. The summed E-state index contributed by atoms with van der Waals surface area (Å²) in [5.74, 6) is -0.608. The minimum Gasteiger partial charge on any atom is -0.383 e. The van der Waals surface area contributed by atoms with Crippen LogP contribution in [0.2, 0.25) is 5.02 Å². The van der Waals surface area contributed by atoms with Crippen LogP contribution in [0.3, 0.4) is 0 Å². The second-order valence-electron chi connectivity index (χ2n) is 3.83. The fraction of sp³-hybridized carbons (Fsp3) is 0.0909. The lowest BCUT2D eigenvalue weighted by molar-refractivity contribution is 0.628. The third-order valence-corrected chi connectivity index (χ3v) is 2.85. The largest absolute Gasteiger partial charge is 0.383 e. The van der Waals surface area contributed by atoms with E-state index in [4.69, 9.17) is 17.3 Å². The molecule has 0 aliphatic heterocycles. The zero-order chi connectivity index (χ0) is 14.2. The number of aromatic amines is 1. The molecular weight excluding hydrogens is 275 g/mol. The normalized spacial score (nSPS) is 10.5. The predicted molar refractivity (Wildman–Crippen MR) is 71.4 cm³/mol. The molecule has 0 atom stereocenters. The molecule has 0 fully saturated rings. The lowest BCUT2D eigenvalue weighted by Crippen LogP contribution is -2.31. The minimum absolute atomic E-state index is 0.00947. The van der Waals surface area contributed by atoms with Crippen molar-refractivity contribution >= 4 is 28.8 Å². The van der Waals surface area contributed by atoms with E-state index in [1.54, 1.807) is 0 Å². The molecule has 2 rings (SSSR count). The Labute approximate surface area is 111 Å². The van der Waals surface area contributed by atoms with Gasteiger partial charge in [0, 0.05) is 12.7 Å². The summed E-state index contributed by atoms with van der Waals surface area (Å²) in [6.45, 7) is 0. The maximum Gasteiger partial charge on any atom is 0.329 e. The van der Waals surface area contributed by atoms with E-state index in [0.717, 1.165) is 10.6 Å². The van der Waals surface area contributed by atoms with Gasteiger partial charge in [-0.1, -0.05) is 11.6 Å². The standard InChI is InChI=1S/C11H10ClFN4O2/c1-17-9(14)8(10(18)16-11(17)19)15-5-2-3-7(13)6(12)4-5/h2-4,15H,14H2,1H3,(H,16,18,19). The number of aromatic nitrogens is 2. The summed E-state index contributed by atoms with van der Waals surface area (Å²) in [6, 6.07) is 3.85. The van der Waals surface area contributed by atoms with Gasteiger partial charge in [-0.15, -0.1) is 0 Å². The molecule has 0 bridgehead atoms. The molecular formula is C11H10ClFN4O2. The minimum atomic E-state index is -0.666. The smallest absolute Gasteiger partial charge is 0.329 e. The number of nitrogen functional groups attached to an aromatic ring is 1. The first-order valence-corrected chi connectivity index (χ1v) is 5.59. The van der Waals surface area contributed by atoms with Crippen molar-refractivity contribution in [2.45, 2.75) is 0 Å². The monoisotopic (exact) mass is 284 g/mol. The Morgan fingerprint density at radius 3 is 2.74 bits per heavy atom. The highest BCUT2D eigenvalue weighted by molar-refractivity contribution is 6.31. The first kappa shape index (κ1) is 13.2. The van der Waals surface area contributed by atoms with Crippen molar-refractivity contribution in [3.8, 4) is 0 Å². The van der Waals surface area contributed by atoms with Gasteiger partial charge in [0.2, 0.25) is 0 Å². The van der Waals surface area contributed by atoms with E-state index in [-0.39, 0.29) is 16.5 Å². The molecule has 0 unspecified atom stereocenters. The molecule has 0 spiro atoms. The number of halogens is 2. The summed E-state index contributed by atoms with van der Waals surface area (Å²) in [4.78, 5) is 25.0. The molecule has 100 valence electrons. The highest BCUT2D eigenvalue weighted by atomic mass is 35.5. The molecule has 0 amide bonds. The SMILES string of the molecule is Cn1c(N)c(Nc2ccc(F)c(Cl)c2)c(=O)[nH]c1=O. The maximum absolute atomic E-state index is 13.0. The van der Waals surface area contributed by atoms with E-state index in [1.807, 2.05) is 0 Å². The average molecular weight is 285 g/mol. The summed E-state index contributed by atoms with van der Waals surface area (Å²) in [6.07, 6.45) is 0. The molecule has 4 N–H and O–H groups in total. The first-order valence-electron chi connectivity index (χ1n) is 5.21. The highest BCUT2D eigenvalue weighted by Crippen LogP contribution is 2.22. The van der Waals surface area contributed by atoms with Crippen molar-refractivity contribution in [3.05, 3.63) is 49.9 Å². The van der Waals surface area contributed by atoms with Crippen molar-refractivity contribution in [1.82, 2.24) is 9.55 Å². The molecule has 2 aromatic rings. The number of H-pyrrole nitrogens is 1. The predicted octanol–water partition coefficient (Wildman–Crippen LogP) is 1.19. The fourth-order valence-electron chi connectivity index (χ4n) is 1.48. The van der Waals surface area contributed by atoms with Crippen molar-refractivity contribution in [3.63, 3.8) is 0 Å². The van der Waals surface area contributed by atoms with Crippen LogP contribution in [0, 0.1) is 5.82 Å². The number of anilines is 3. The Hall–Kier alpha value is -2.28. The van der Waals surface area contributed by atoms with Crippen LogP contribution in [0.25, 0.3) is 0 Å². The molecule has 0 saturated carbocycles. The van der Waals surface area contributed by atoms with Crippen molar-refractivity contribution < 1.29 is 4.39 Å². The summed E-state index contributed by atoms with van der Waals surface area (Å²) in [5.41, 5.74) is 4.76. The zero-order valence-electron chi connectivity index (χ0n) is 9.83. The van der Waals surface area contributed by atoms with Gasteiger partial charge >= 0.3 is 5.69 Å². The molecule has 0 radical (unpaired) electrons. The number of nitrogens with one attached hydrogen (secondary N) is 2. The molecule has 19 heavy (non-hydrogen) atoms. The zero-order valence-corrected chi connectivity index (χ0v) is 10.6. The van der Waals surface area contributed by atoms with Crippen LogP contribution in [0.5, 0.6) is 0 Å². The molecule has 0 aliphatic rings. The number of nitrogens with zero attached hydrogens (tertiary/aromatic N) is 1. The van der Waals surface area contributed by atoms with Crippen LogP contribution < -0.4 is 22.3 Å². The Bertz CT molecular complexity index is 753. The second kappa shape index (κ2) is 4.77. The number of hydrogen-bond acceptors (Lipinski definition) is 4. The van der Waals surface area contributed by atoms with Crippen LogP contribution in [0.15, 0.2) is 27.8 Å². The fourth-order valence-corrected chi connectivity index (χ4v) is 1.66. The molecule has 1 aromatic carbocycles. The van der Waals surface area contributed by atoms with Crippen LogP contribution in [0.4, 0.5) is 21.6 Å². The number of nitrogens with two attached hydrogens (primary N) is 1. The van der Waals surface area contributed by atoms with E-state index in [1.165, 1.54) is 19.2 Å². The van der Waals surface area contributed by atoms with Gasteiger partial charge < -0.3 is 11.1 Å². The van der Waals surface area contributed by atoms with Gasteiger partial charge in [0.1, 0.15) is 17.3 Å². The lowest BCUT2D eigenvalue weighted by Gasteiger charge is -2.11. The summed E-state index contributed by atoms with van der Waals surface area (Å²) >= 11 is 5.63. The van der Waals surface area contributed by atoms with Gasteiger partial charge in [0.05, 0.1) is 5.02 Å². The Morgan fingerprint density at radius 2 is 2.11 bits per heavy atom. The van der Waals surface area contributed by atoms with Gasteiger partial charge in [-0.25, -0.2) is 9.18 Å². The third kappa shape index (κ3) is 2.45. The quantitative estimate of drug-likeness (QED) is 0.772. The lowest BCUT2D eigenvalue weighted by atomic mass is 10.3. The van der Waals surface area contributed by atoms with E-state index in [9.17, 15) is 14.0 Å². The first-order chi connectivity index (χ1) is 8.90. The topological polar surface area (TPSA) is 92.9 Å². The second-order valence-corrected chi connectivity index (χ2v) is 4.24. The van der Waals surface area contributed by atoms with E-state index in [0.29, 0.717) is 5.69 Å². The molecule has 0 saturated heterocycles. The van der Waals surface area contributed by atoms with Crippen molar-refractivity contribution in [1.29, 1.82) is 0 Å². The summed E-state index contributed by atoms with van der Waals surface area (Å²) < 4.78 is 14.1. The molecule has 1 aromatic heterocycles. The number of rotatable bonds is 2. The van der Waals surface area contributed by atoms with Gasteiger partial charge in [-0.05, 0) is 18.2 Å². The van der Waals surface area contributed by atoms with Crippen LogP contribution >= 0.6 is 11.6 Å². The van der Waals surface area contributed by atoms with Crippen molar-refractivity contribution in [2.75, 3.05) is 11.1 Å². The number of benzene rings is 1. The van der Waals surface area contributed by atoms with Crippen LogP contribution in [0.1, 0.15) is 0 Å². The van der Waals surface area contributed by atoms with Crippen LogP contribution in [-0.2, 0) is 7.05 Å².